The van der Waals surface area contributed by atoms with Gasteiger partial charge in [0.25, 0.3) is 0 Å². The fourth-order valence-corrected chi connectivity index (χ4v) is 6.50. The number of ether oxygens (including phenoxy) is 1. The third kappa shape index (κ3) is 13.4. The van der Waals surface area contributed by atoms with Crippen LogP contribution in [0.2, 0.25) is 0 Å². The van der Waals surface area contributed by atoms with Crippen molar-refractivity contribution in [3.8, 4) is 5.75 Å². The molecule has 1 aliphatic heterocycles. The van der Waals surface area contributed by atoms with Gasteiger partial charge in [-0.1, -0.05) is 118 Å². The highest BCUT2D eigenvalue weighted by atomic mass is 16.5. The zero-order chi connectivity index (χ0) is 34.4. The van der Waals surface area contributed by atoms with Crippen LogP contribution in [0, 0.1) is 11.8 Å². The molecule has 3 N–H and O–H groups in total. The highest BCUT2D eigenvalue weighted by Gasteiger charge is 2.25. The molecule has 258 valence electrons. The molecule has 0 spiro atoms. The summed E-state index contributed by atoms with van der Waals surface area (Å²) >= 11 is 0. The number of hydrogen-bond donors (Lipinski definition) is 2. The summed E-state index contributed by atoms with van der Waals surface area (Å²) < 4.78 is 5.66. The lowest BCUT2D eigenvalue weighted by molar-refractivity contribution is 0.112. The summed E-state index contributed by atoms with van der Waals surface area (Å²) in [5.74, 6) is 3.07. The van der Waals surface area contributed by atoms with E-state index in [-0.39, 0.29) is 0 Å². The Morgan fingerprint density at radius 2 is 1.46 bits per heavy atom. The Balaban J connectivity index is 0.000000323. The molecule has 1 aliphatic rings. The summed E-state index contributed by atoms with van der Waals surface area (Å²) in [5, 5.41) is 3.64. The normalized spacial score (nSPS) is 13.9. The van der Waals surface area contributed by atoms with E-state index in [1.165, 1.54) is 55.0 Å². The quantitative estimate of drug-likeness (QED) is 0.0993. The van der Waals surface area contributed by atoms with Gasteiger partial charge in [-0.2, -0.15) is 0 Å². The van der Waals surface area contributed by atoms with E-state index in [0.717, 1.165) is 75.2 Å². The molecule has 5 nitrogen and oxygen atoms in total. The van der Waals surface area contributed by atoms with E-state index in [1.54, 1.807) is 0 Å². The average molecular weight is 650 g/mol. The van der Waals surface area contributed by atoms with E-state index in [4.69, 9.17) is 4.74 Å². The second-order valence-electron chi connectivity index (χ2n) is 12.6. The van der Waals surface area contributed by atoms with Crippen molar-refractivity contribution >= 4 is 6.29 Å². The van der Waals surface area contributed by atoms with Gasteiger partial charge in [-0.25, -0.2) is 0 Å². The molecule has 0 amide bonds. The smallest absolute Gasteiger partial charge is 0.150 e. The molecule has 0 bridgehead atoms. The number of nitrogens with zero attached hydrogens (tertiary/aromatic N) is 1. The number of carbonyl (C=O) groups is 1. The third-order valence-corrected chi connectivity index (χ3v) is 9.33. The Bertz CT molecular complexity index is 1350. The molecule has 5 heteroatoms. The average Bonchev–Trinajstić information content (AvgIpc) is 3.16. The first-order valence-electron chi connectivity index (χ1n) is 18.0. The van der Waals surface area contributed by atoms with Gasteiger partial charge in [0.1, 0.15) is 12.0 Å². The highest BCUT2D eigenvalue weighted by Crippen LogP contribution is 2.30. The minimum Gasteiger partial charge on any atom is -0.494 e. The molecule has 1 saturated heterocycles. The van der Waals surface area contributed by atoms with Crippen molar-refractivity contribution in [3.05, 3.63) is 137 Å². The molecule has 1 atom stereocenters. The van der Waals surface area contributed by atoms with Gasteiger partial charge in [-0.05, 0) is 105 Å². The number of rotatable bonds is 15. The first-order chi connectivity index (χ1) is 23.6. The molecule has 0 aromatic heterocycles. The first kappa shape index (κ1) is 38.7. The molecule has 5 rings (SSSR count). The predicted molar refractivity (Wildman–Crippen MR) is 203 cm³/mol. The lowest BCUT2D eigenvalue weighted by Crippen LogP contribution is -2.36. The zero-order valence-corrected chi connectivity index (χ0v) is 29.8. The van der Waals surface area contributed by atoms with Gasteiger partial charge in [0.05, 0.1) is 6.61 Å². The summed E-state index contributed by atoms with van der Waals surface area (Å²) in [5.41, 5.74) is 10.6. The van der Waals surface area contributed by atoms with Crippen LogP contribution in [0.1, 0.15) is 91.4 Å². The van der Waals surface area contributed by atoms with E-state index in [2.05, 4.69) is 128 Å². The molecular formula is C43H59N3O2. The fraction of sp³-hybridized carbons (Fsp3) is 0.419. The van der Waals surface area contributed by atoms with Crippen molar-refractivity contribution in [3.63, 3.8) is 0 Å². The van der Waals surface area contributed by atoms with Crippen LogP contribution in [0.15, 0.2) is 109 Å². The van der Waals surface area contributed by atoms with Gasteiger partial charge in [0.15, 0.2) is 0 Å². The van der Waals surface area contributed by atoms with Crippen molar-refractivity contribution < 1.29 is 9.53 Å². The van der Waals surface area contributed by atoms with Crippen LogP contribution in [-0.4, -0.2) is 44.5 Å². The number of nitrogens with one attached hydrogen (secondary N) is 1. The maximum absolute atomic E-state index is 11.0. The summed E-state index contributed by atoms with van der Waals surface area (Å²) in [6.07, 6.45) is 7.05. The van der Waals surface area contributed by atoms with Crippen LogP contribution in [-0.2, 0) is 13.1 Å². The predicted octanol–water partition coefficient (Wildman–Crippen LogP) is 9.12. The highest BCUT2D eigenvalue weighted by molar-refractivity contribution is 5.74. The van der Waals surface area contributed by atoms with Crippen molar-refractivity contribution in [2.45, 2.75) is 71.9 Å². The Morgan fingerprint density at radius 1 is 0.833 bits per heavy atom. The number of hydrogen-bond acceptors (Lipinski definition) is 5. The summed E-state index contributed by atoms with van der Waals surface area (Å²) in [6, 6.07) is 37.7. The van der Waals surface area contributed by atoms with E-state index >= 15 is 0 Å². The summed E-state index contributed by atoms with van der Waals surface area (Å²) in [4.78, 5) is 13.6. The van der Waals surface area contributed by atoms with Gasteiger partial charge in [0.2, 0.25) is 0 Å². The Kier molecular flexibility index (Phi) is 18.3. The third-order valence-electron chi connectivity index (χ3n) is 9.33. The van der Waals surface area contributed by atoms with Gasteiger partial charge in [-0.15, -0.1) is 0 Å². The van der Waals surface area contributed by atoms with Crippen molar-refractivity contribution in [2.24, 2.45) is 17.6 Å². The van der Waals surface area contributed by atoms with Crippen molar-refractivity contribution in [1.82, 2.24) is 10.2 Å². The van der Waals surface area contributed by atoms with Crippen LogP contribution >= 0.6 is 0 Å². The molecule has 4 aromatic rings. The second-order valence-corrected chi connectivity index (χ2v) is 12.6. The van der Waals surface area contributed by atoms with Crippen molar-refractivity contribution in [1.29, 1.82) is 0 Å². The Hall–Kier alpha value is -3.77. The minimum atomic E-state index is 0.484. The van der Waals surface area contributed by atoms with E-state index < -0.39 is 0 Å². The van der Waals surface area contributed by atoms with E-state index in [9.17, 15) is 4.79 Å². The lowest BCUT2D eigenvalue weighted by Gasteiger charge is -2.36. The zero-order valence-electron chi connectivity index (χ0n) is 29.8. The van der Waals surface area contributed by atoms with Gasteiger partial charge < -0.3 is 15.8 Å². The number of nitrogens with two attached hydrogens (primary N) is 1. The van der Waals surface area contributed by atoms with Gasteiger partial charge in [0, 0.05) is 24.6 Å². The van der Waals surface area contributed by atoms with Gasteiger partial charge >= 0.3 is 0 Å². The second kappa shape index (κ2) is 22.7. The van der Waals surface area contributed by atoms with Crippen LogP contribution in [0.3, 0.4) is 0 Å². The molecule has 4 aromatic carbocycles. The summed E-state index contributed by atoms with van der Waals surface area (Å²) in [6.45, 7) is 12.8. The Morgan fingerprint density at radius 3 is 2.02 bits per heavy atom. The fourth-order valence-electron chi connectivity index (χ4n) is 6.50. The van der Waals surface area contributed by atoms with Crippen molar-refractivity contribution in [2.75, 3.05) is 33.3 Å². The number of aldehydes is 1. The van der Waals surface area contributed by atoms with Gasteiger partial charge in [-0.3, -0.25) is 9.69 Å². The van der Waals surface area contributed by atoms with E-state index in [0.29, 0.717) is 5.92 Å². The maximum atomic E-state index is 11.0. The lowest BCUT2D eigenvalue weighted by atomic mass is 9.80. The van der Waals surface area contributed by atoms with Crippen LogP contribution in [0.4, 0.5) is 0 Å². The van der Waals surface area contributed by atoms with Crippen LogP contribution < -0.4 is 15.8 Å². The number of likely N-dealkylation sites (tertiary alicyclic amines) is 1. The SMILES string of the molecule is CC(c1ccccc1)c1ccccc1.CCCOc1ccc(CNCCC(CC)C2CCN(Cc3cccc(C=O)c3)CC2)cc1.CN. The largest absolute Gasteiger partial charge is 0.494 e. The minimum absolute atomic E-state index is 0.484. The number of piperidine rings is 1. The maximum Gasteiger partial charge on any atom is 0.150 e. The molecule has 1 fully saturated rings. The molecule has 1 unspecified atom stereocenters. The monoisotopic (exact) mass is 649 g/mol. The molecule has 0 aliphatic carbocycles. The Labute approximate surface area is 290 Å². The molecule has 48 heavy (non-hydrogen) atoms. The molecule has 0 saturated carbocycles. The summed E-state index contributed by atoms with van der Waals surface area (Å²) in [7, 11) is 1.50. The molecular weight excluding hydrogens is 590 g/mol. The van der Waals surface area contributed by atoms with E-state index in [1.807, 2.05) is 18.2 Å². The first-order valence-corrected chi connectivity index (χ1v) is 18.0. The number of benzene rings is 4. The molecule has 1 heterocycles. The molecule has 0 radical (unpaired) electrons. The standard InChI is InChI=1S/C28H40N2O2.C14H14.CH5N/c1-3-18-32-28-10-8-23(9-11-28)20-29-15-12-26(4-2)27-13-16-30(17-14-27)21-24-6-5-7-25(19-24)22-31;1-12(13-8-4-2-5-9-13)14-10-6-3-7-11-14;1-2/h5-11,19,22,26-27,29H,3-4,12-18,20-21H2,1-2H3;2-12H,1H3;2H2,1H3. The topological polar surface area (TPSA) is 67.6 Å². The van der Waals surface area contributed by atoms with Crippen LogP contribution in [0.5, 0.6) is 5.75 Å². The van der Waals surface area contributed by atoms with Crippen LogP contribution in [0.25, 0.3) is 0 Å². The number of carbonyl (C=O) groups excluding carboxylic acids is 1.